The lowest BCUT2D eigenvalue weighted by molar-refractivity contribution is 0.0225. The van der Waals surface area contributed by atoms with Gasteiger partial charge in [0.15, 0.2) is 5.15 Å². The van der Waals surface area contributed by atoms with Gasteiger partial charge in [-0.1, -0.05) is 11.6 Å². The number of rotatable bonds is 1. The van der Waals surface area contributed by atoms with Crippen LogP contribution in [0.3, 0.4) is 0 Å². The lowest BCUT2D eigenvalue weighted by atomic mass is 9.70. The molecule has 3 rings (SSSR count). The second-order valence-electron chi connectivity index (χ2n) is 5.81. The summed E-state index contributed by atoms with van der Waals surface area (Å²) in [5.74, 6) is 0.637. The molecule has 0 saturated carbocycles. The molecule has 1 aromatic rings. The van der Waals surface area contributed by atoms with Crippen LogP contribution in [0.25, 0.3) is 0 Å². The molecule has 110 valence electrons. The van der Waals surface area contributed by atoms with Crippen molar-refractivity contribution in [2.24, 2.45) is 11.1 Å². The van der Waals surface area contributed by atoms with Gasteiger partial charge in [0.05, 0.1) is 18.4 Å². The molecule has 0 aromatic carbocycles. The van der Waals surface area contributed by atoms with Crippen LogP contribution in [0.15, 0.2) is 6.20 Å². The number of anilines is 1. The van der Waals surface area contributed by atoms with E-state index in [1.807, 2.05) is 0 Å². The van der Waals surface area contributed by atoms with Crippen LogP contribution in [0.5, 0.6) is 0 Å². The van der Waals surface area contributed by atoms with E-state index in [-0.39, 0.29) is 23.7 Å². The quantitative estimate of drug-likeness (QED) is 0.840. The van der Waals surface area contributed by atoms with Crippen LogP contribution in [0.4, 0.5) is 5.95 Å². The van der Waals surface area contributed by atoms with Gasteiger partial charge in [0, 0.05) is 24.5 Å². The van der Waals surface area contributed by atoms with E-state index < -0.39 is 0 Å². The fourth-order valence-electron chi connectivity index (χ4n) is 3.54. The van der Waals surface area contributed by atoms with Gasteiger partial charge in [-0.25, -0.2) is 4.98 Å². The van der Waals surface area contributed by atoms with E-state index in [0.29, 0.717) is 11.1 Å². The Balaban J connectivity index is 1.72. The molecular weight excluding hydrogens is 278 g/mol. The lowest BCUT2D eigenvalue weighted by Gasteiger charge is -2.43. The third-order valence-electron chi connectivity index (χ3n) is 4.90. The first kappa shape index (κ1) is 14.0. The Morgan fingerprint density at radius 2 is 2.05 bits per heavy atom. The summed E-state index contributed by atoms with van der Waals surface area (Å²) in [7, 11) is 0. The van der Waals surface area contributed by atoms with Crippen molar-refractivity contribution in [3.63, 3.8) is 0 Å². The molecule has 1 unspecified atom stereocenters. The molecule has 2 saturated heterocycles. The fraction of sp³-hybridized carbons (Fsp3) is 0.769. The second kappa shape index (κ2) is 5.09. The van der Waals surface area contributed by atoms with Gasteiger partial charge in [-0.15, -0.1) is 10.2 Å². The summed E-state index contributed by atoms with van der Waals surface area (Å²) < 4.78 is 5.92. The molecule has 3 atom stereocenters. The molecule has 0 radical (unpaired) electrons. The van der Waals surface area contributed by atoms with E-state index in [0.717, 1.165) is 25.9 Å². The van der Waals surface area contributed by atoms with Crippen LogP contribution >= 0.6 is 11.6 Å². The van der Waals surface area contributed by atoms with Crippen LogP contribution in [0, 0.1) is 5.41 Å². The monoisotopic (exact) mass is 297 g/mol. The largest absolute Gasteiger partial charge is 0.373 e. The lowest BCUT2D eigenvalue weighted by Crippen LogP contribution is -2.52. The van der Waals surface area contributed by atoms with Crippen LogP contribution in [0.1, 0.15) is 26.7 Å². The van der Waals surface area contributed by atoms with E-state index >= 15 is 0 Å². The van der Waals surface area contributed by atoms with E-state index in [1.165, 1.54) is 6.20 Å². The van der Waals surface area contributed by atoms with Gasteiger partial charge in [-0.3, -0.25) is 0 Å². The van der Waals surface area contributed by atoms with Gasteiger partial charge in [0.25, 0.3) is 0 Å². The summed E-state index contributed by atoms with van der Waals surface area (Å²) in [4.78, 5) is 6.36. The summed E-state index contributed by atoms with van der Waals surface area (Å²) in [6, 6.07) is 0.101. The minimum atomic E-state index is 0.0791. The average molecular weight is 298 g/mol. The van der Waals surface area contributed by atoms with Crippen LogP contribution in [0.2, 0.25) is 5.15 Å². The third kappa shape index (κ3) is 2.16. The molecule has 2 aliphatic heterocycles. The van der Waals surface area contributed by atoms with Crippen molar-refractivity contribution in [3.05, 3.63) is 11.3 Å². The van der Waals surface area contributed by atoms with Crippen molar-refractivity contribution in [1.29, 1.82) is 0 Å². The highest BCUT2D eigenvalue weighted by Crippen LogP contribution is 2.46. The number of piperidine rings is 1. The van der Waals surface area contributed by atoms with Gasteiger partial charge >= 0.3 is 0 Å². The van der Waals surface area contributed by atoms with Crippen molar-refractivity contribution in [2.45, 2.75) is 44.9 Å². The van der Waals surface area contributed by atoms with Crippen molar-refractivity contribution < 1.29 is 4.74 Å². The molecule has 6 nitrogen and oxygen atoms in total. The zero-order chi connectivity index (χ0) is 14.3. The minimum Gasteiger partial charge on any atom is -0.373 e. The fourth-order valence-corrected chi connectivity index (χ4v) is 3.63. The number of nitrogens with zero attached hydrogens (tertiary/aromatic N) is 4. The number of hydrogen-bond donors (Lipinski definition) is 1. The summed E-state index contributed by atoms with van der Waals surface area (Å²) in [5, 5.41) is 8.20. The predicted molar refractivity (Wildman–Crippen MR) is 76.7 cm³/mol. The van der Waals surface area contributed by atoms with E-state index in [4.69, 9.17) is 22.1 Å². The number of hydrogen-bond acceptors (Lipinski definition) is 6. The van der Waals surface area contributed by atoms with Gasteiger partial charge < -0.3 is 15.4 Å². The van der Waals surface area contributed by atoms with E-state index in [9.17, 15) is 0 Å². The SMILES string of the molecule is CC1O[C@@H](C)[C@@H](N)C12CCN(c1ncc(Cl)nn1)CC2. The number of halogens is 1. The van der Waals surface area contributed by atoms with Crippen molar-refractivity contribution in [2.75, 3.05) is 18.0 Å². The maximum Gasteiger partial charge on any atom is 0.245 e. The Morgan fingerprint density at radius 1 is 1.35 bits per heavy atom. The highest BCUT2D eigenvalue weighted by molar-refractivity contribution is 6.29. The third-order valence-corrected chi connectivity index (χ3v) is 5.07. The van der Waals surface area contributed by atoms with E-state index in [2.05, 4.69) is 33.9 Å². The molecule has 1 aromatic heterocycles. The Hall–Kier alpha value is -0.980. The molecule has 2 N–H and O–H groups in total. The number of nitrogens with two attached hydrogens (primary N) is 1. The number of ether oxygens (including phenoxy) is 1. The number of aromatic nitrogens is 3. The average Bonchev–Trinajstić information content (AvgIpc) is 2.65. The van der Waals surface area contributed by atoms with Gasteiger partial charge in [0.1, 0.15) is 0 Å². The van der Waals surface area contributed by atoms with Crippen LogP contribution in [-0.4, -0.2) is 46.5 Å². The molecule has 2 aliphatic rings. The maximum absolute atomic E-state index is 6.38. The Bertz CT molecular complexity index is 474. The maximum atomic E-state index is 6.38. The summed E-state index contributed by atoms with van der Waals surface area (Å²) in [5.41, 5.74) is 6.46. The summed E-state index contributed by atoms with van der Waals surface area (Å²) in [6.07, 6.45) is 3.85. The molecule has 0 aliphatic carbocycles. The predicted octanol–water partition coefficient (Wildman–Crippen LogP) is 1.25. The van der Waals surface area contributed by atoms with Gasteiger partial charge in [0.2, 0.25) is 5.95 Å². The Labute approximate surface area is 123 Å². The smallest absolute Gasteiger partial charge is 0.245 e. The first-order chi connectivity index (χ1) is 9.53. The molecule has 20 heavy (non-hydrogen) atoms. The van der Waals surface area contributed by atoms with Gasteiger partial charge in [-0.2, -0.15) is 0 Å². The first-order valence-electron chi connectivity index (χ1n) is 7.04. The van der Waals surface area contributed by atoms with Crippen LogP contribution < -0.4 is 10.6 Å². The van der Waals surface area contributed by atoms with Gasteiger partial charge in [-0.05, 0) is 26.7 Å². The van der Waals surface area contributed by atoms with E-state index in [1.54, 1.807) is 0 Å². The minimum absolute atomic E-state index is 0.0791. The molecular formula is C13H20ClN5O. The first-order valence-corrected chi connectivity index (χ1v) is 7.42. The highest BCUT2D eigenvalue weighted by Gasteiger charge is 2.52. The van der Waals surface area contributed by atoms with Crippen molar-refractivity contribution in [3.8, 4) is 0 Å². The Morgan fingerprint density at radius 3 is 2.55 bits per heavy atom. The summed E-state index contributed by atoms with van der Waals surface area (Å²) >= 11 is 5.72. The van der Waals surface area contributed by atoms with Crippen LogP contribution in [-0.2, 0) is 4.74 Å². The standard InChI is InChI=1S/C13H20ClN5O/c1-8-11(15)13(9(2)20-8)3-5-19(6-4-13)12-16-7-10(14)17-18-12/h7-9,11H,3-6,15H2,1-2H3/t8-,9?,11+/m0/s1. The molecule has 2 fully saturated rings. The van der Waals surface area contributed by atoms with Crippen molar-refractivity contribution >= 4 is 17.5 Å². The molecule has 3 heterocycles. The molecule has 7 heteroatoms. The topological polar surface area (TPSA) is 77.2 Å². The molecule has 1 spiro atoms. The summed E-state index contributed by atoms with van der Waals surface area (Å²) in [6.45, 7) is 5.95. The Kier molecular flexibility index (Phi) is 3.56. The molecule has 0 bridgehead atoms. The zero-order valence-corrected chi connectivity index (χ0v) is 12.5. The second-order valence-corrected chi connectivity index (χ2v) is 6.20. The van der Waals surface area contributed by atoms with Crippen molar-refractivity contribution in [1.82, 2.24) is 15.2 Å². The zero-order valence-electron chi connectivity index (χ0n) is 11.8. The molecule has 0 amide bonds. The normalized spacial score (nSPS) is 32.8. The highest BCUT2D eigenvalue weighted by atomic mass is 35.5.